The Balaban J connectivity index is 1.20. The van der Waals surface area contributed by atoms with Crippen LogP contribution in [0.4, 0.5) is 4.39 Å². The Morgan fingerprint density at radius 3 is 2.92 bits per heavy atom. The zero-order valence-electron chi connectivity index (χ0n) is 20.2. The largest absolute Gasteiger partial charge is 0.486 e. The van der Waals surface area contributed by atoms with E-state index in [9.17, 15) is 14.0 Å². The summed E-state index contributed by atoms with van der Waals surface area (Å²) in [5.74, 6) is 0.122. The number of pyridine rings is 1. The van der Waals surface area contributed by atoms with Crippen molar-refractivity contribution in [2.45, 2.75) is 25.6 Å². The van der Waals surface area contributed by atoms with E-state index in [2.05, 4.69) is 25.2 Å². The zero-order chi connectivity index (χ0) is 25.8. The van der Waals surface area contributed by atoms with Crippen molar-refractivity contribution in [3.8, 4) is 5.75 Å². The number of H-pyrrole nitrogens is 1. The van der Waals surface area contributed by atoms with Crippen molar-refractivity contribution in [2.75, 3.05) is 45.9 Å². The molecule has 2 aliphatic heterocycles. The molecule has 12 heteroatoms. The fourth-order valence-electron chi connectivity index (χ4n) is 4.69. The molecular weight excluding hydrogens is 503 g/mol. The molecular formula is C25H28ClFN6O4. The minimum Gasteiger partial charge on any atom is -0.486 e. The smallest absolute Gasteiger partial charge is 0.258 e. The summed E-state index contributed by atoms with van der Waals surface area (Å²) in [5.41, 5.74) is 0.650. The second-order valence-corrected chi connectivity index (χ2v) is 9.47. The van der Waals surface area contributed by atoms with Gasteiger partial charge in [-0.15, -0.1) is 0 Å². The van der Waals surface area contributed by atoms with Crippen molar-refractivity contribution < 1.29 is 18.7 Å². The van der Waals surface area contributed by atoms with Gasteiger partial charge in [0, 0.05) is 51.0 Å². The first kappa shape index (κ1) is 25.5. The lowest BCUT2D eigenvalue weighted by Gasteiger charge is -2.32. The summed E-state index contributed by atoms with van der Waals surface area (Å²) < 4.78 is 24.4. The molecule has 0 radical (unpaired) electrons. The van der Waals surface area contributed by atoms with Gasteiger partial charge < -0.3 is 24.7 Å². The van der Waals surface area contributed by atoms with Crippen molar-refractivity contribution in [3.63, 3.8) is 0 Å². The van der Waals surface area contributed by atoms with Crippen LogP contribution in [0.5, 0.6) is 5.75 Å². The van der Waals surface area contributed by atoms with Gasteiger partial charge in [-0.3, -0.25) is 19.5 Å². The van der Waals surface area contributed by atoms with Crippen molar-refractivity contribution in [2.24, 2.45) is 0 Å². The van der Waals surface area contributed by atoms with E-state index < -0.39 is 5.82 Å². The minimum absolute atomic E-state index is 0.0360. The second-order valence-electron chi connectivity index (χ2n) is 9.07. The van der Waals surface area contributed by atoms with Gasteiger partial charge in [-0.25, -0.2) is 9.37 Å². The third-order valence-corrected chi connectivity index (χ3v) is 6.95. The molecule has 1 amide bonds. The quantitative estimate of drug-likeness (QED) is 0.453. The van der Waals surface area contributed by atoms with Gasteiger partial charge in [-0.05, 0) is 24.6 Å². The van der Waals surface area contributed by atoms with Gasteiger partial charge in [0.2, 0.25) is 5.91 Å². The fraction of sp³-hybridized carbons (Fsp3) is 0.440. The number of aromatic nitrogens is 3. The predicted molar refractivity (Wildman–Crippen MR) is 135 cm³/mol. The maximum Gasteiger partial charge on any atom is 0.258 e. The van der Waals surface area contributed by atoms with E-state index in [4.69, 9.17) is 21.1 Å². The van der Waals surface area contributed by atoms with E-state index in [1.165, 1.54) is 18.2 Å². The number of benzene rings is 1. The van der Waals surface area contributed by atoms with E-state index in [1.807, 2.05) is 4.90 Å². The highest BCUT2D eigenvalue weighted by molar-refractivity contribution is 6.30. The van der Waals surface area contributed by atoms with Crippen LogP contribution in [0.15, 0.2) is 35.3 Å². The molecule has 3 aromatic rings. The monoisotopic (exact) mass is 530 g/mol. The lowest BCUT2D eigenvalue weighted by molar-refractivity contribution is -0.129. The first-order valence-corrected chi connectivity index (χ1v) is 12.6. The Morgan fingerprint density at radius 1 is 1.27 bits per heavy atom. The van der Waals surface area contributed by atoms with Crippen molar-refractivity contribution in [1.82, 2.24) is 30.1 Å². The number of hydrogen-bond acceptors (Lipinski definition) is 8. The van der Waals surface area contributed by atoms with Crippen LogP contribution >= 0.6 is 11.6 Å². The molecule has 5 rings (SSSR count). The molecule has 1 atom stereocenters. The summed E-state index contributed by atoms with van der Waals surface area (Å²) in [4.78, 5) is 41.3. The normalized spacial score (nSPS) is 18.4. The number of morpholine rings is 1. The van der Waals surface area contributed by atoms with Crippen LogP contribution in [0, 0.1) is 5.82 Å². The molecule has 0 spiro atoms. The minimum atomic E-state index is -0.547. The highest BCUT2D eigenvalue weighted by atomic mass is 35.5. The van der Waals surface area contributed by atoms with Crippen LogP contribution < -0.4 is 15.6 Å². The molecule has 1 aromatic carbocycles. The van der Waals surface area contributed by atoms with Crippen molar-refractivity contribution in [1.29, 1.82) is 0 Å². The fourth-order valence-corrected chi connectivity index (χ4v) is 4.86. The third-order valence-electron chi connectivity index (χ3n) is 6.66. The molecule has 2 aromatic heterocycles. The molecule has 2 fully saturated rings. The molecule has 0 aliphatic carbocycles. The molecule has 0 saturated carbocycles. The molecule has 196 valence electrons. The van der Waals surface area contributed by atoms with Gasteiger partial charge >= 0.3 is 0 Å². The maximum absolute atomic E-state index is 13.4. The van der Waals surface area contributed by atoms with E-state index in [1.54, 1.807) is 12.3 Å². The topological polar surface area (TPSA) is 113 Å². The number of hydrogen-bond donors (Lipinski definition) is 2. The molecule has 10 nitrogen and oxygen atoms in total. The van der Waals surface area contributed by atoms with Crippen LogP contribution in [0.25, 0.3) is 10.9 Å². The number of nitrogens with one attached hydrogen (secondary N) is 2. The van der Waals surface area contributed by atoms with Crippen LogP contribution in [0.2, 0.25) is 5.02 Å². The highest BCUT2D eigenvalue weighted by Crippen LogP contribution is 2.22. The van der Waals surface area contributed by atoms with E-state index in [0.717, 1.165) is 45.8 Å². The zero-order valence-corrected chi connectivity index (χ0v) is 21.0. The molecule has 2 saturated heterocycles. The Hall–Kier alpha value is -3.12. The number of carbonyl (C=O) groups excluding carboxylic acids is 1. The molecule has 37 heavy (non-hydrogen) atoms. The number of fused-ring (bicyclic) bond motifs is 1. The number of rotatable bonds is 8. The molecule has 2 N–H and O–H groups in total. The van der Waals surface area contributed by atoms with Gasteiger partial charge in [0.25, 0.3) is 5.56 Å². The maximum atomic E-state index is 13.4. The summed E-state index contributed by atoms with van der Waals surface area (Å²) in [6.45, 7) is 5.17. The van der Waals surface area contributed by atoms with Crippen molar-refractivity contribution >= 4 is 28.4 Å². The third kappa shape index (κ3) is 6.07. The summed E-state index contributed by atoms with van der Waals surface area (Å²) in [7, 11) is 0. The summed E-state index contributed by atoms with van der Waals surface area (Å²) in [6.07, 6.45) is 2.51. The molecule has 0 bridgehead atoms. The van der Waals surface area contributed by atoms with Crippen LogP contribution in [0.1, 0.15) is 17.9 Å². The molecule has 2 aliphatic rings. The number of aromatic amines is 1. The first-order valence-electron chi connectivity index (χ1n) is 12.2. The lowest BCUT2D eigenvalue weighted by Crippen LogP contribution is -2.45. The number of carbonyl (C=O) groups is 1. The molecule has 4 heterocycles. The van der Waals surface area contributed by atoms with Gasteiger partial charge in [0.05, 0.1) is 35.9 Å². The number of halogens is 2. The van der Waals surface area contributed by atoms with Crippen LogP contribution in [-0.4, -0.2) is 82.6 Å². The standard InChI is InChI=1S/C25H28ClFN6O4/c26-19-11-17(1-2-20(19)27)37-15-22-30-24-18(25(35)31-22)3-5-29-21(24)12-28-13-23(34)33-6-4-16(14-33)32-7-9-36-10-8-32/h1-3,5,11,16,28H,4,6-10,12-15H2,(H,30,31,35). The predicted octanol–water partition coefficient (Wildman–Crippen LogP) is 1.71. The first-order chi connectivity index (χ1) is 18.0. The molecule has 1 unspecified atom stereocenters. The Bertz CT molecular complexity index is 1330. The van der Waals surface area contributed by atoms with E-state index in [0.29, 0.717) is 28.4 Å². The van der Waals surface area contributed by atoms with Crippen LogP contribution in [-0.2, 0) is 22.7 Å². The number of nitrogens with zero attached hydrogens (tertiary/aromatic N) is 4. The van der Waals surface area contributed by atoms with Gasteiger partial charge in [-0.2, -0.15) is 0 Å². The van der Waals surface area contributed by atoms with Gasteiger partial charge in [0.1, 0.15) is 29.5 Å². The van der Waals surface area contributed by atoms with E-state index in [-0.39, 0.29) is 42.0 Å². The van der Waals surface area contributed by atoms with E-state index >= 15 is 0 Å². The number of likely N-dealkylation sites (tertiary alicyclic amines) is 1. The van der Waals surface area contributed by atoms with Crippen molar-refractivity contribution in [3.05, 3.63) is 63.2 Å². The number of amides is 1. The summed E-state index contributed by atoms with van der Waals surface area (Å²) in [5, 5.41) is 3.48. The Labute approximate surface area is 217 Å². The highest BCUT2D eigenvalue weighted by Gasteiger charge is 2.30. The van der Waals surface area contributed by atoms with Gasteiger partial charge in [0.15, 0.2) is 0 Å². The number of ether oxygens (including phenoxy) is 2. The Morgan fingerprint density at radius 2 is 2.11 bits per heavy atom. The average Bonchev–Trinajstić information content (AvgIpc) is 3.41. The SMILES string of the molecule is O=C(CNCc1nccc2c(=O)[nH]c(COc3ccc(F)c(Cl)c3)nc12)N1CCC(N2CCOCC2)C1. The Kier molecular flexibility index (Phi) is 7.94. The second kappa shape index (κ2) is 11.5. The van der Waals surface area contributed by atoms with Gasteiger partial charge in [-0.1, -0.05) is 11.6 Å². The summed E-state index contributed by atoms with van der Waals surface area (Å²) >= 11 is 5.80. The van der Waals surface area contributed by atoms with Crippen LogP contribution in [0.3, 0.4) is 0 Å². The lowest BCUT2D eigenvalue weighted by atomic mass is 10.2. The average molecular weight is 531 g/mol. The summed E-state index contributed by atoms with van der Waals surface area (Å²) in [6, 6.07) is 5.98.